The molecule has 1 aliphatic heterocycles. The van der Waals surface area contributed by atoms with Crippen LogP contribution in [0.3, 0.4) is 0 Å². The maximum absolute atomic E-state index is 12.6. The predicted octanol–water partition coefficient (Wildman–Crippen LogP) is 1.10. The first kappa shape index (κ1) is 9.64. The largest absolute Gasteiger partial charge is 0.330 e. The minimum absolute atomic E-state index is 0.178. The zero-order valence-corrected chi connectivity index (χ0v) is 7.79. The maximum Gasteiger partial charge on any atom is 0.321 e. The van der Waals surface area contributed by atoms with Crippen molar-refractivity contribution in [1.29, 1.82) is 0 Å². The number of carbonyl (C=O) groups is 2. The van der Waals surface area contributed by atoms with Crippen LogP contribution in [0.1, 0.15) is 18.0 Å². The van der Waals surface area contributed by atoms with Crippen LogP contribution in [0.4, 0.5) is 9.18 Å². The van der Waals surface area contributed by atoms with Gasteiger partial charge in [0.2, 0.25) is 5.91 Å². The van der Waals surface area contributed by atoms with E-state index in [-0.39, 0.29) is 24.2 Å². The number of carbonyl (C=O) groups excluding carboxylic acids is 2. The van der Waals surface area contributed by atoms with Crippen LogP contribution in [-0.4, -0.2) is 11.9 Å². The molecule has 2 N–H and O–H groups in total. The Morgan fingerprint density at radius 1 is 1.20 bits per heavy atom. The molecular weight excluding hydrogens is 199 g/mol. The molecule has 78 valence electrons. The average molecular weight is 208 g/mol. The van der Waals surface area contributed by atoms with Crippen LogP contribution < -0.4 is 10.6 Å². The number of hydrogen-bond acceptors (Lipinski definition) is 2. The van der Waals surface area contributed by atoms with Crippen molar-refractivity contribution in [1.82, 2.24) is 10.6 Å². The maximum atomic E-state index is 12.6. The molecule has 1 aromatic carbocycles. The molecule has 4 nitrogen and oxygen atoms in total. The third-order valence-electron chi connectivity index (χ3n) is 2.22. The van der Waals surface area contributed by atoms with Gasteiger partial charge in [-0.25, -0.2) is 9.18 Å². The lowest BCUT2D eigenvalue weighted by Crippen LogP contribution is -2.48. The van der Waals surface area contributed by atoms with Gasteiger partial charge < -0.3 is 5.32 Å². The summed E-state index contributed by atoms with van der Waals surface area (Å²) in [5.41, 5.74) is 0.722. The smallest absolute Gasteiger partial charge is 0.321 e. The Hall–Kier alpha value is -1.91. The monoisotopic (exact) mass is 208 g/mol. The van der Waals surface area contributed by atoms with E-state index in [4.69, 9.17) is 0 Å². The molecule has 0 saturated carbocycles. The number of nitrogens with one attached hydrogen (secondary N) is 2. The van der Waals surface area contributed by atoms with Gasteiger partial charge in [-0.15, -0.1) is 0 Å². The number of rotatable bonds is 1. The number of hydrogen-bond donors (Lipinski definition) is 2. The second kappa shape index (κ2) is 3.68. The number of halogens is 1. The first-order valence-corrected chi connectivity index (χ1v) is 4.51. The zero-order chi connectivity index (χ0) is 10.8. The minimum Gasteiger partial charge on any atom is -0.330 e. The number of benzene rings is 1. The molecule has 0 radical (unpaired) electrons. The Labute approximate surface area is 85.5 Å². The molecular formula is C10H9FN2O2. The van der Waals surface area contributed by atoms with Crippen LogP contribution >= 0.6 is 0 Å². The van der Waals surface area contributed by atoms with E-state index >= 15 is 0 Å². The number of amides is 3. The van der Waals surface area contributed by atoms with E-state index in [1.807, 2.05) is 0 Å². The van der Waals surface area contributed by atoms with Crippen LogP contribution in [0.25, 0.3) is 0 Å². The fourth-order valence-corrected chi connectivity index (χ4v) is 1.50. The van der Waals surface area contributed by atoms with Crippen molar-refractivity contribution >= 4 is 11.9 Å². The molecule has 15 heavy (non-hydrogen) atoms. The summed E-state index contributed by atoms with van der Waals surface area (Å²) in [4.78, 5) is 22.1. The highest BCUT2D eigenvalue weighted by atomic mass is 19.1. The van der Waals surface area contributed by atoms with Crippen molar-refractivity contribution < 1.29 is 14.0 Å². The van der Waals surface area contributed by atoms with Crippen molar-refractivity contribution in [2.75, 3.05) is 0 Å². The van der Waals surface area contributed by atoms with Gasteiger partial charge in [0.05, 0.1) is 12.5 Å². The van der Waals surface area contributed by atoms with Gasteiger partial charge in [-0.3, -0.25) is 10.1 Å². The third kappa shape index (κ3) is 2.12. The fraction of sp³-hybridized carbons (Fsp3) is 0.200. The van der Waals surface area contributed by atoms with Crippen molar-refractivity contribution in [3.05, 3.63) is 35.6 Å². The molecule has 1 fully saturated rings. The van der Waals surface area contributed by atoms with Gasteiger partial charge in [-0.1, -0.05) is 12.1 Å². The standard InChI is InChI=1S/C10H9FN2O2/c11-7-3-1-6(2-4-7)8-5-9(14)13-10(15)12-8/h1-4,8H,5H2,(H2,12,13,14,15)/t8-/m0/s1. The van der Waals surface area contributed by atoms with E-state index in [1.54, 1.807) is 12.1 Å². The van der Waals surface area contributed by atoms with E-state index in [2.05, 4.69) is 10.6 Å². The summed E-state index contributed by atoms with van der Waals surface area (Å²) in [6.45, 7) is 0. The molecule has 1 saturated heterocycles. The summed E-state index contributed by atoms with van der Waals surface area (Å²) < 4.78 is 12.6. The third-order valence-corrected chi connectivity index (χ3v) is 2.22. The van der Waals surface area contributed by atoms with Gasteiger partial charge in [0, 0.05) is 0 Å². The van der Waals surface area contributed by atoms with Gasteiger partial charge in [-0.05, 0) is 17.7 Å². The lowest BCUT2D eigenvalue weighted by Gasteiger charge is -2.23. The Kier molecular flexibility index (Phi) is 2.37. The Balaban J connectivity index is 2.19. The minimum atomic E-state index is -0.513. The molecule has 0 aliphatic carbocycles. The van der Waals surface area contributed by atoms with Gasteiger partial charge in [0.1, 0.15) is 5.82 Å². The van der Waals surface area contributed by atoms with Crippen molar-refractivity contribution in [3.63, 3.8) is 0 Å². The summed E-state index contributed by atoms with van der Waals surface area (Å²) in [6.07, 6.45) is 0.178. The highest BCUT2D eigenvalue weighted by Gasteiger charge is 2.24. The second-order valence-corrected chi connectivity index (χ2v) is 3.33. The Morgan fingerprint density at radius 3 is 2.47 bits per heavy atom. The highest BCUT2D eigenvalue weighted by Crippen LogP contribution is 2.18. The lowest BCUT2D eigenvalue weighted by molar-refractivity contribution is -0.121. The molecule has 1 aromatic rings. The van der Waals surface area contributed by atoms with Crippen LogP contribution in [-0.2, 0) is 4.79 Å². The van der Waals surface area contributed by atoms with E-state index in [9.17, 15) is 14.0 Å². The molecule has 0 bridgehead atoms. The lowest BCUT2D eigenvalue weighted by atomic mass is 10.0. The normalized spacial score (nSPS) is 20.7. The summed E-state index contributed by atoms with van der Waals surface area (Å²) in [6, 6.07) is 4.83. The SMILES string of the molecule is O=C1C[C@@H](c2ccc(F)cc2)NC(=O)N1. The van der Waals surface area contributed by atoms with E-state index < -0.39 is 6.03 Å². The van der Waals surface area contributed by atoms with Crippen molar-refractivity contribution in [2.45, 2.75) is 12.5 Å². The van der Waals surface area contributed by atoms with E-state index in [0.717, 1.165) is 5.56 Å². The number of imide groups is 1. The highest BCUT2D eigenvalue weighted by molar-refractivity contribution is 5.97. The molecule has 0 unspecified atom stereocenters. The van der Waals surface area contributed by atoms with Crippen LogP contribution in [0.5, 0.6) is 0 Å². The molecule has 2 rings (SSSR count). The van der Waals surface area contributed by atoms with Crippen LogP contribution in [0, 0.1) is 5.82 Å². The predicted molar refractivity (Wildman–Crippen MR) is 50.4 cm³/mol. The summed E-state index contributed by atoms with van der Waals surface area (Å²) in [5, 5.41) is 4.72. The van der Waals surface area contributed by atoms with Crippen LogP contribution in [0.2, 0.25) is 0 Å². The Morgan fingerprint density at radius 2 is 1.87 bits per heavy atom. The summed E-state index contributed by atoms with van der Waals surface area (Å²) in [7, 11) is 0. The average Bonchev–Trinajstić information content (AvgIpc) is 2.17. The molecule has 0 aromatic heterocycles. The van der Waals surface area contributed by atoms with E-state index in [0.29, 0.717) is 0 Å². The van der Waals surface area contributed by atoms with Gasteiger partial charge >= 0.3 is 6.03 Å². The molecule has 1 atom stereocenters. The van der Waals surface area contributed by atoms with Gasteiger partial charge in [-0.2, -0.15) is 0 Å². The quantitative estimate of drug-likeness (QED) is 0.726. The molecule has 1 heterocycles. The molecule has 5 heteroatoms. The number of urea groups is 1. The summed E-state index contributed by atoms with van der Waals surface area (Å²) >= 11 is 0. The van der Waals surface area contributed by atoms with Crippen molar-refractivity contribution in [2.24, 2.45) is 0 Å². The molecule has 3 amide bonds. The molecule has 1 aliphatic rings. The van der Waals surface area contributed by atoms with Gasteiger partial charge in [0.15, 0.2) is 0 Å². The van der Waals surface area contributed by atoms with E-state index in [1.165, 1.54) is 12.1 Å². The first-order chi connectivity index (χ1) is 7.15. The van der Waals surface area contributed by atoms with Crippen molar-refractivity contribution in [3.8, 4) is 0 Å². The molecule has 0 spiro atoms. The second-order valence-electron chi connectivity index (χ2n) is 3.33. The Bertz CT molecular complexity index is 386. The summed E-state index contributed by atoms with van der Waals surface area (Å²) in [5.74, 6) is -0.668. The topological polar surface area (TPSA) is 58.2 Å². The fourth-order valence-electron chi connectivity index (χ4n) is 1.50. The first-order valence-electron chi connectivity index (χ1n) is 4.51. The van der Waals surface area contributed by atoms with Gasteiger partial charge in [0.25, 0.3) is 0 Å². The zero-order valence-electron chi connectivity index (χ0n) is 7.79. The van der Waals surface area contributed by atoms with Crippen LogP contribution in [0.15, 0.2) is 24.3 Å².